The highest BCUT2D eigenvalue weighted by Crippen LogP contribution is 2.54. The quantitative estimate of drug-likeness (QED) is 0.480. The second-order valence-electron chi connectivity index (χ2n) is 4.61. The molecule has 20 heavy (non-hydrogen) atoms. The number of rotatable bonds is 1. The lowest BCUT2D eigenvalue weighted by molar-refractivity contribution is -0.0864. The van der Waals surface area contributed by atoms with Crippen LogP contribution in [0.4, 0.5) is 13.2 Å². The zero-order chi connectivity index (χ0) is 14.3. The van der Waals surface area contributed by atoms with Crippen LogP contribution in [0.2, 0.25) is 0 Å². The van der Waals surface area contributed by atoms with Gasteiger partial charge in [0, 0.05) is 17.0 Å². The summed E-state index contributed by atoms with van der Waals surface area (Å²) in [6, 6.07) is 15.6. The number of halogens is 3. The van der Waals surface area contributed by atoms with E-state index in [1.165, 1.54) is 0 Å². The summed E-state index contributed by atoms with van der Waals surface area (Å²) in [6.45, 7) is 1.85. The summed E-state index contributed by atoms with van der Waals surface area (Å²) in [6.07, 6.45) is 0. The molecule has 0 aliphatic carbocycles. The van der Waals surface area contributed by atoms with Gasteiger partial charge in [0.2, 0.25) is 0 Å². The minimum atomic E-state index is -4.25. The summed E-state index contributed by atoms with van der Waals surface area (Å²) in [7, 11) is -1.86. The highest BCUT2D eigenvalue weighted by Gasteiger charge is 2.48. The number of hydrogen-bond acceptors (Lipinski definition) is 0. The normalized spacial score (nSPS) is 12.9. The monoisotopic (exact) mass is 293 g/mol. The Kier molecular flexibility index (Phi) is 3.05. The largest absolute Gasteiger partial charge is 0.601 e. The first-order chi connectivity index (χ1) is 9.48. The van der Waals surface area contributed by atoms with Crippen LogP contribution in [0, 0.1) is 6.92 Å². The maximum absolute atomic E-state index is 13.5. The Labute approximate surface area is 117 Å². The number of aryl methyl sites for hydroxylation is 1. The number of fused-ring (bicyclic) bond motifs is 1. The molecule has 0 spiro atoms. The molecule has 0 aliphatic rings. The molecule has 1 atom stereocenters. The van der Waals surface area contributed by atoms with Crippen LogP contribution >= 0.6 is 10.5 Å². The van der Waals surface area contributed by atoms with Gasteiger partial charge in [-0.2, -0.15) is 0 Å². The van der Waals surface area contributed by atoms with Crippen molar-refractivity contribution in [3.63, 3.8) is 0 Å². The Balaban J connectivity index is 2.40. The van der Waals surface area contributed by atoms with Crippen LogP contribution < -0.4 is 0 Å². The fraction of sp³-hybridized carbons (Fsp3) is 0.125. The van der Waals surface area contributed by atoms with Crippen molar-refractivity contribution >= 4 is 20.6 Å². The number of hydrogen-bond donors (Lipinski definition) is 0. The van der Waals surface area contributed by atoms with E-state index in [1.54, 1.807) is 42.5 Å². The van der Waals surface area contributed by atoms with Crippen molar-refractivity contribution in [2.45, 2.75) is 12.4 Å². The molecule has 0 bridgehead atoms. The third-order valence-electron chi connectivity index (χ3n) is 3.29. The molecule has 0 nitrogen and oxygen atoms in total. The van der Waals surface area contributed by atoms with Crippen LogP contribution in [-0.4, -0.2) is 0 Å². The smallest absolute Gasteiger partial charge is 0.118 e. The van der Waals surface area contributed by atoms with Crippen molar-refractivity contribution in [1.29, 1.82) is 0 Å². The van der Waals surface area contributed by atoms with Gasteiger partial charge in [-0.15, -0.1) is 13.2 Å². The van der Waals surface area contributed by atoms with E-state index in [-0.39, 0.29) is 0 Å². The maximum atomic E-state index is 13.5. The molecule has 3 rings (SSSR count). The highest BCUT2D eigenvalue weighted by molar-refractivity contribution is 7.41. The zero-order valence-corrected chi connectivity index (χ0v) is 11.6. The van der Waals surface area contributed by atoms with E-state index in [0.717, 1.165) is 5.56 Å². The second-order valence-corrected chi connectivity index (χ2v) is 6.57. The fourth-order valence-corrected chi connectivity index (χ4v) is 4.38. The Morgan fingerprint density at radius 2 is 1.60 bits per heavy atom. The first kappa shape index (κ1) is 13.2. The molecular weight excluding hydrogens is 281 g/mol. The first-order valence-electron chi connectivity index (χ1n) is 6.16. The first-order valence-corrected chi connectivity index (χ1v) is 7.39. The van der Waals surface area contributed by atoms with Gasteiger partial charge in [-0.25, -0.2) is 0 Å². The van der Waals surface area contributed by atoms with Gasteiger partial charge in [0.1, 0.15) is 10.5 Å². The van der Waals surface area contributed by atoms with Crippen LogP contribution in [0.5, 0.6) is 0 Å². The van der Waals surface area contributed by atoms with Crippen molar-refractivity contribution in [3.8, 4) is 10.4 Å². The average Bonchev–Trinajstić information content (AvgIpc) is 2.80. The van der Waals surface area contributed by atoms with Crippen LogP contribution in [-0.2, 0) is 5.51 Å². The Morgan fingerprint density at radius 3 is 2.25 bits per heavy atom. The van der Waals surface area contributed by atoms with Gasteiger partial charge in [0.15, 0.2) is 9.58 Å². The van der Waals surface area contributed by atoms with Gasteiger partial charge in [0.05, 0.1) is 0 Å². The third kappa shape index (κ3) is 2.10. The molecule has 4 heteroatoms. The SMILES string of the molecule is Cc1cccc2c1cc(-c1ccccc1)[s+]2C(F)(F)F. The topological polar surface area (TPSA) is 0 Å². The lowest BCUT2D eigenvalue weighted by atomic mass is 10.1. The molecule has 0 N–H and O–H groups in total. The van der Waals surface area contributed by atoms with Gasteiger partial charge in [-0.3, -0.25) is 0 Å². The standard InChI is InChI=1S/C16H12F3S/c1-11-6-5-9-14-13(11)10-15(20(14)16(17,18)19)12-7-3-2-4-8-12/h2-10H,1H3/q+1. The van der Waals surface area contributed by atoms with Crippen LogP contribution in [0.15, 0.2) is 54.6 Å². The summed E-state index contributed by atoms with van der Waals surface area (Å²) >= 11 is 0. The van der Waals surface area contributed by atoms with Gasteiger partial charge in [0.25, 0.3) is 0 Å². The minimum absolute atomic E-state index is 0.363. The molecule has 0 fully saturated rings. The summed E-state index contributed by atoms with van der Waals surface area (Å²) in [4.78, 5) is 0.363. The van der Waals surface area contributed by atoms with Crippen molar-refractivity contribution in [2.75, 3.05) is 0 Å². The Morgan fingerprint density at radius 1 is 0.900 bits per heavy atom. The molecule has 2 aromatic carbocycles. The minimum Gasteiger partial charge on any atom is -0.118 e. The van der Waals surface area contributed by atoms with Gasteiger partial charge >= 0.3 is 5.51 Å². The predicted octanol–water partition coefficient (Wildman–Crippen LogP) is 6.04. The van der Waals surface area contributed by atoms with Gasteiger partial charge < -0.3 is 0 Å². The molecule has 102 valence electrons. The second kappa shape index (κ2) is 4.63. The summed E-state index contributed by atoms with van der Waals surface area (Å²) in [5.41, 5.74) is -2.72. The lowest BCUT2D eigenvalue weighted by Gasteiger charge is -2.00. The molecule has 0 amide bonds. The van der Waals surface area contributed by atoms with Crippen LogP contribution in [0.3, 0.4) is 0 Å². The van der Waals surface area contributed by atoms with Crippen molar-refractivity contribution in [1.82, 2.24) is 0 Å². The van der Waals surface area contributed by atoms with E-state index >= 15 is 0 Å². The molecular formula is C16H12F3S+. The van der Waals surface area contributed by atoms with Crippen molar-refractivity contribution in [2.24, 2.45) is 0 Å². The van der Waals surface area contributed by atoms with E-state index in [2.05, 4.69) is 0 Å². The molecule has 3 aromatic rings. The molecule has 0 aliphatic heterocycles. The Hall–Kier alpha value is -1.81. The highest BCUT2D eigenvalue weighted by atomic mass is 32.2. The predicted molar refractivity (Wildman–Crippen MR) is 77.9 cm³/mol. The van der Waals surface area contributed by atoms with Gasteiger partial charge in [-0.1, -0.05) is 30.3 Å². The van der Waals surface area contributed by atoms with Crippen molar-refractivity contribution in [3.05, 3.63) is 60.2 Å². The van der Waals surface area contributed by atoms with E-state index in [1.807, 2.05) is 19.1 Å². The van der Waals surface area contributed by atoms with E-state index in [0.29, 0.717) is 20.5 Å². The van der Waals surface area contributed by atoms with Crippen molar-refractivity contribution < 1.29 is 13.2 Å². The van der Waals surface area contributed by atoms with Crippen LogP contribution in [0.25, 0.3) is 20.5 Å². The summed E-state index contributed by atoms with van der Waals surface area (Å²) < 4.78 is 40.8. The van der Waals surface area contributed by atoms with Gasteiger partial charge in [-0.05, 0) is 30.7 Å². The average molecular weight is 293 g/mol. The fourth-order valence-electron chi connectivity index (χ4n) is 2.38. The molecule has 0 saturated heterocycles. The molecule has 1 unspecified atom stereocenters. The zero-order valence-electron chi connectivity index (χ0n) is 10.7. The molecule has 1 aromatic heterocycles. The molecule has 0 saturated carbocycles. The summed E-state index contributed by atoms with van der Waals surface area (Å²) in [5, 5.41) is 0.715. The number of thiophene rings is 1. The third-order valence-corrected chi connectivity index (χ3v) is 5.34. The van der Waals surface area contributed by atoms with E-state index in [9.17, 15) is 13.2 Å². The molecule has 1 heterocycles. The lowest BCUT2D eigenvalue weighted by Crippen LogP contribution is -1.96. The summed E-state index contributed by atoms with van der Waals surface area (Å²) in [5.74, 6) is 0. The van der Waals surface area contributed by atoms with E-state index in [4.69, 9.17) is 0 Å². The Bertz CT molecular complexity index is 754. The van der Waals surface area contributed by atoms with Crippen LogP contribution in [0.1, 0.15) is 5.56 Å². The van der Waals surface area contributed by atoms with E-state index < -0.39 is 16.0 Å². The molecule has 0 radical (unpaired) electrons. The number of benzene rings is 2. The number of alkyl halides is 3. The maximum Gasteiger partial charge on any atom is 0.601 e.